The second-order valence-electron chi connectivity index (χ2n) is 9.09. The van der Waals surface area contributed by atoms with Crippen molar-refractivity contribution in [3.05, 3.63) is 71.5 Å². The number of hydrogen-bond donors (Lipinski definition) is 3. The first-order chi connectivity index (χ1) is 16.9. The maximum absolute atomic E-state index is 13.2. The first-order valence-corrected chi connectivity index (χ1v) is 12.1. The second-order valence-corrected chi connectivity index (χ2v) is 9.09. The van der Waals surface area contributed by atoms with Crippen LogP contribution >= 0.6 is 0 Å². The quantitative estimate of drug-likeness (QED) is 0.343. The topological polar surface area (TPSA) is 90.4 Å². The van der Waals surface area contributed by atoms with Gasteiger partial charge in [0.2, 0.25) is 0 Å². The molecule has 2 aromatic carbocycles. The molecule has 0 radical (unpaired) electrons. The molecule has 3 N–H and O–H groups in total. The lowest BCUT2D eigenvalue weighted by atomic mass is 9.94. The number of aromatic amines is 1. The molecule has 1 aliphatic heterocycles. The molecule has 0 saturated heterocycles. The van der Waals surface area contributed by atoms with Gasteiger partial charge in [0.15, 0.2) is 0 Å². The summed E-state index contributed by atoms with van der Waals surface area (Å²) in [5.74, 6) is -0.799. The Morgan fingerprint density at radius 3 is 2.43 bits per heavy atom. The average Bonchev–Trinajstić information content (AvgIpc) is 3.51. The molecule has 0 spiro atoms. The number of nitrogens with one attached hydrogen (secondary N) is 2. The number of fused-ring (bicyclic) bond motifs is 2. The third kappa shape index (κ3) is 3.96. The molecule has 5 rings (SSSR count). The fourth-order valence-corrected chi connectivity index (χ4v) is 5.18. The zero-order valence-corrected chi connectivity index (χ0v) is 20.3. The number of aliphatic hydroxyl groups is 1. The van der Waals surface area contributed by atoms with Crippen LogP contribution in [0, 0.1) is 6.92 Å². The van der Waals surface area contributed by atoms with Gasteiger partial charge in [0.25, 0.3) is 11.8 Å². The number of hydrogen-bond acceptors (Lipinski definition) is 4. The molecule has 0 aliphatic carbocycles. The van der Waals surface area contributed by atoms with E-state index in [1.54, 1.807) is 6.20 Å². The van der Waals surface area contributed by atoms with Crippen molar-refractivity contribution in [1.29, 1.82) is 0 Å². The molecule has 7 heteroatoms. The minimum atomic E-state index is -0.569. The van der Waals surface area contributed by atoms with Crippen LogP contribution in [0.15, 0.2) is 54.9 Å². The van der Waals surface area contributed by atoms with Gasteiger partial charge in [-0.2, -0.15) is 0 Å². The Morgan fingerprint density at radius 1 is 0.971 bits per heavy atom. The summed E-state index contributed by atoms with van der Waals surface area (Å²) in [6.07, 6.45) is 3.13. The van der Waals surface area contributed by atoms with Crippen molar-refractivity contribution in [2.45, 2.75) is 33.4 Å². The summed E-state index contributed by atoms with van der Waals surface area (Å²) in [6, 6.07) is 13.7. The molecule has 0 bridgehead atoms. The van der Waals surface area contributed by atoms with Crippen molar-refractivity contribution >= 4 is 44.8 Å². The van der Waals surface area contributed by atoms with E-state index in [2.05, 4.69) is 29.0 Å². The lowest BCUT2D eigenvalue weighted by Crippen LogP contribution is -2.34. The Morgan fingerprint density at radius 2 is 1.69 bits per heavy atom. The van der Waals surface area contributed by atoms with Crippen LogP contribution in [0.4, 0.5) is 0 Å². The molecule has 0 saturated carbocycles. The number of carbonyl (C=O) groups is 2. The number of aromatic nitrogens is 2. The number of imide groups is 1. The standard InChI is InChI=1S/C28H30N4O3/c1-4-31(5-2)14-18(33)15-32-16-21(24-17(3)9-8-12-23(24)32)26-25(27(34)30-28(26)35)20-13-29-22-11-7-6-10-19(20)22/h6-13,16,18,29,33H,4-5,14-15H2,1-3H3,(H,30,34,35). The number of aryl methyl sites for hydroxylation is 1. The SMILES string of the molecule is CCN(CC)CC(O)Cn1cc(C2=C(c3c[nH]c4ccccc34)C(=O)NC2=O)c2c(C)cccc21. The number of carbonyl (C=O) groups excluding carboxylic acids is 2. The smallest absolute Gasteiger partial charge is 0.259 e. The molecule has 2 aromatic heterocycles. The van der Waals surface area contributed by atoms with E-state index in [4.69, 9.17) is 0 Å². The minimum Gasteiger partial charge on any atom is -0.390 e. The number of amides is 2. The van der Waals surface area contributed by atoms with Crippen LogP contribution in [0.5, 0.6) is 0 Å². The molecular weight excluding hydrogens is 440 g/mol. The lowest BCUT2D eigenvalue weighted by molar-refractivity contribution is -0.122. The van der Waals surface area contributed by atoms with Crippen LogP contribution in [-0.4, -0.2) is 57.1 Å². The molecule has 180 valence electrons. The lowest BCUT2D eigenvalue weighted by Gasteiger charge is -2.22. The third-order valence-corrected chi connectivity index (χ3v) is 6.94. The van der Waals surface area contributed by atoms with Crippen LogP contribution in [0.3, 0.4) is 0 Å². The van der Waals surface area contributed by atoms with E-state index in [-0.39, 0.29) is 0 Å². The van der Waals surface area contributed by atoms with Gasteiger partial charge in [0.1, 0.15) is 0 Å². The summed E-state index contributed by atoms with van der Waals surface area (Å²) >= 11 is 0. The summed E-state index contributed by atoms with van der Waals surface area (Å²) in [6.45, 7) is 8.86. The van der Waals surface area contributed by atoms with Crippen LogP contribution in [-0.2, 0) is 16.1 Å². The zero-order chi connectivity index (χ0) is 24.7. The van der Waals surface area contributed by atoms with E-state index in [1.807, 2.05) is 60.2 Å². The van der Waals surface area contributed by atoms with Crippen molar-refractivity contribution in [2.24, 2.45) is 0 Å². The Labute approximate surface area is 204 Å². The Hall–Kier alpha value is -3.68. The third-order valence-electron chi connectivity index (χ3n) is 6.94. The van der Waals surface area contributed by atoms with Gasteiger partial charge in [0.05, 0.1) is 17.3 Å². The molecule has 35 heavy (non-hydrogen) atoms. The van der Waals surface area contributed by atoms with Gasteiger partial charge >= 0.3 is 0 Å². The number of H-pyrrole nitrogens is 1. The number of aliphatic hydroxyl groups excluding tert-OH is 1. The molecule has 3 heterocycles. The van der Waals surface area contributed by atoms with E-state index in [9.17, 15) is 14.7 Å². The van der Waals surface area contributed by atoms with Crippen molar-refractivity contribution in [3.63, 3.8) is 0 Å². The van der Waals surface area contributed by atoms with Gasteiger partial charge in [-0.25, -0.2) is 0 Å². The molecule has 0 fully saturated rings. The van der Waals surface area contributed by atoms with E-state index in [1.165, 1.54) is 0 Å². The normalized spacial score (nSPS) is 15.1. The average molecular weight is 471 g/mol. The fourth-order valence-electron chi connectivity index (χ4n) is 5.18. The Bertz CT molecular complexity index is 1470. The first-order valence-electron chi connectivity index (χ1n) is 12.1. The summed E-state index contributed by atoms with van der Waals surface area (Å²) in [7, 11) is 0. The van der Waals surface area contributed by atoms with Gasteiger partial charge in [-0.15, -0.1) is 0 Å². The van der Waals surface area contributed by atoms with Crippen molar-refractivity contribution < 1.29 is 14.7 Å². The molecule has 1 aliphatic rings. The summed E-state index contributed by atoms with van der Waals surface area (Å²) in [5, 5.41) is 15.2. The van der Waals surface area contributed by atoms with Crippen LogP contribution < -0.4 is 5.32 Å². The molecular formula is C28H30N4O3. The predicted octanol–water partition coefficient (Wildman–Crippen LogP) is 3.70. The van der Waals surface area contributed by atoms with E-state index in [0.717, 1.165) is 40.5 Å². The molecule has 2 amide bonds. The van der Waals surface area contributed by atoms with E-state index < -0.39 is 17.9 Å². The largest absolute Gasteiger partial charge is 0.390 e. The predicted molar refractivity (Wildman–Crippen MR) is 139 cm³/mol. The Balaban J connectivity index is 1.68. The van der Waals surface area contributed by atoms with Crippen molar-refractivity contribution in [2.75, 3.05) is 19.6 Å². The van der Waals surface area contributed by atoms with Crippen LogP contribution in [0.1, 0.15) is 30.5 Å². The summed E-state index contributed by atoms with van der Waals surface area (Å²) in [5.41, 5.74) is 4.99. The number of nitrogens with zero attached hydrogens (tertiary/aromatic N) is 2. The maximum atomic E-state index is 13.2. The highest BCUT2D eigenvalue weighted by molar-refractivity contribution is 6.50. The van der Waals surface area contributed by atoms with Crippen LogP contribution in [0.2, 0.25) is 0 Å². The Kier molecular flexibility index (Phi) is 6.05. The molecule has 1 unspecified atom stereocenters. The highest BCUT2D eigenvalue weighted by Crippen LogP contribution is 2.39. The summed E-state index contributed by atoms with van der Waals surface area (Å²) in [4.78, 5) is 31.6. The van der Waals surface area contributed by atoms with Crippen molar-refractivity contribution in [1.82, 2.24) is 19.8 Å². The highest BCUT2D eigenvalue weighted by Gasteiger charge is 2.35. The van der Waals surface area contributed by atoms with Gasteiger partial charge in [-0.1, -0.05) is 44.2 Å². The minimum absolute atomic E-state index is 0.371. The zero-order valence-electron chi connectivity index (χ0n) is 20.3. The molecule has 4 aromatic rings. The van der Waals surface area contributed by atoms with Crippen LogP contribution in [0.25, 0.3) is 33.0 Å². The number of likely N-dealkylation sites (N-methyl/N-ethyl adjacent to an activating group) is 1. The molecule has 1 atom stereocenters. The summed E-state index contributed by atoms with van der Waals surface area (Å²) < 4.78 is 2.00. The van der Waals surface area contributed by atoms with E-state index >= 15 is 0 Å². The number of para-hydroxylation sites is 1. The number of benzene rings is 2. The maximum Gasteiger partial charge on any atom is 0.259 e. The first kappa shape index (κ1) is 23.1. The van der Waals surface area contributed by atoms with Gasteiger partial charge in [0, 0.05) is 58.4 Å². The molecule has 7 nitrogen and oxygen atoms in total. The second kappa shape index (κ2) is 9.17. The fraction of sp³-hybridized carbons (Fsp3) is 0.286. The number of rotatable bonds is 8. The van der Waals surface area contributed by atoms with Gasteiger partial charge in [-0.05, 0) is 37.7 Å². The van der Waals surface area contributed by atoms with Gasteiger partial charge < -0.3 is 19.6 Å². The monoisotopic (exact) mass is 470 g/mol. The van der Waals surface area contributed by atoms with E-state index in [0.29, 0.717) is 35.4 Å². The van der Waals surface area contributed by atoms with Crippen molar-refractivity contribution in [3.8, 4) is 0 Å². The van der Waals surface area contributed by atoms with Gasteiger partial charge in [-0.3, -0.25) is 14.9 Å². The highest BCUT2D eigenvalue weighted by atomic mass is 16.3.